The molecule has 1 aliphatic carbocycles. The summed E-state index contributed by atoms with van der Waals surface area (Å²) in [6.45, 7) is 3.79. The van der Waals surface area contributed by atoms with Gasteiger partial charge >= 0.3 is 0 Å². The summed E-state index contributed by atoms with van der Waals surface area (Å²) < 4.78 is 11.2. The molecule has 0 bridgehead atoms. The molecular weight excluding hydrogens is 384 g/mol. The fraction of sp³-hybridized carbons (Fsp3) is 0.318. The fourth-order valence-electron chi connectivity index (χ4n) is 3.88. The molecule has 1 aromatic carbocycles. The first-order chi connectivity index (χ1) is 14.4. The van der Waals surface area contributed by atoms with Crippen molar-refractivity contribution < 1.29 is 19.7 Å². The molecule has 8 nitrogen and oxygen atoms in total. The van der Waals surface area contributed by atoms with E-state index >= 15 is 0 Å². The summed E-state index contributed by atoms with van der Waals surface area (Å²) in [5, 5.41) is 35.3. The summed E-state index contributed by atoms with van der Waals surface area (Å²) in [6, 6.07) is 9.34. The Kier molecular flexibility index (Phi) is 4.94. The predicted molar refractivity (Wildman–Crippen MR) is 109 cm³/mol. The molecule has 0 unspecified atom stereocenters. The zero-order valence-corrected chi connectivity index (χ0v) is 16.9. The van der Waals surface area contributed by atoms with Gasteiger partial charge in [-0.3, -0.25) is 5.10 Å². The second-order valence-electron chi connectivity index (χ2n) is 7.69. The fourth-order valence-corrected chi connectivity index (χ4v) is 3.88. The number of rotatable bonds is 6. The molecular formula is C22H22N4O4. The van der Waals surface area contributed by atoms with E-state index in [1.54, 1.807) is 19.4 Å². The normalized spacial score (nSPS) is 14.5. The van der Waals surface area contributed by atoms with Crippen molar-refractivity contribution >= 4 is 0 Å². The molecule has 0 spiro atoms. The lowest BCUT2D eigenvalue weighted by Crippen LogP contribution is -2.22. The molecule has 2 aromatic heterocycles. The molecule has 0 fully saturated rings. The van der Waals surface area contributed by atoms with Gasteiger partial charge in [0.1, 0.15) is 24.5 Å². The van der Waals surface area contributed by atoms with Crippen LogP contribution in [0.2, 0.25) is 0 Å². The topological polar surface area (TPSA) is 124 Å². The number of benzene rings is 1. The monoisotopic (exact) mass is 406 g/mol. The third-order valence-electron chi connectivity index (χ3n) is 5.43. The van der Waals surface area contributed by atoms with Crippen LogP contribution in [0.15, 0.2) is 30.5 Å². The minimum absolute atomic E-state index is 0.0406. The highest BCUT2D eigenvalue weighted by Gasteiger charge is 2.41. The standard InChI is InChI=1S/C22H22N4O4/c1-22(2)16-7-18(30-11-14(28)10-27)17(29-3)6-15(16)21-19(22)20(25-26-21)12-4-5-13(8-23)24-9-12/h4-7,9,14,27-28H,10-11H2,1-3H3,(H,25,26)/t14-/m1/s1. The molecule has 0 aliphatic heterocycles. The molecule has 1 atom stereocenters. The van der Waals surface area contributed by atoms with Crippen molar-refractivity contribution in [3.05, 3.63) is 47.3 Å². The first kappa shape index (κ1) is 19.9. The molecule has 1 aliphatic rings. The van der Waals surface area contributed by atoms with Gasteiger partial charge < -0.3 is 19.7 Å². The number of aliphatic hydroxyl groups is 2. The number of nitrogens with zero attached hydrogens (tertiary/aromatic N) is 3. The summed E-state index contributed by atoms with van der Waals surface area (Å²) in [6.07, 6.45) is 0.683. The Bertz CT molecular complexity index is 1130. The van der Waals surface area contributed by atoms with Crippen molar-refractivity contribution in [3.63, 3.8) is 0 Å². The number of ether oxygens (including phenoxy) is 2. The number of aromatic amines is 1. The number of nitriles is 1. The van der Waals surface area contributed by atoms with E-state index in [9.17, 15) is 5.11 Å². The Labute approximate surface area is 173 Å². The van der Waals surface area contributed by atoms with Gasteiger partial charge in [0.25, 0.3) is 0 Å². The molecule has 3 aromatic rings. The maximum atomic E-state index is 9.63. The average Bonchev–Trinajstić information content (AvgIpc) is 3.30. The highest BCUT2D eigenvalue weighted by atomic mass is 16.5. The number of nitrogens with one attached hydrogen (secondary N) is 1. The van der Waals surface area contributed by atoms with Gasteiger partial charge in [0.15, 0.2) is 11.5 Å². The summed E-state index contributed by atoms with van der Waals surface area (Å²) in [5.41, 5.74) is 5.48. The van der Waals surface area contributed by atoms with Gasteiger partial charge in [-0.05, 0) is 29.8 Å². The molecule has 0 amide bonds. The van der Waals surface area contributed by atoms with Crippen LogP contribution < -0.4 is 9.47 Å². The first-order valence-electron chi connectivity index (χ1n) is 9.50. The van der Waals surface area contributed by atoms with Crippen LogP contribution in [0.25, 0.3) is 22.5 Å². The molecule has 4 rings (SSSR count). The number of H-pyrrole nitrogens is 1. The summed E-state index contributed by atoms with van der Waals surface area (Å²) in [5.74, 6) is 1.02. The number of aliphatic hydroxyl groups excluding tert-OH is 2. The van der Waals surface area contributed by atoms with E-state index in [2.05, 4.69) is 29.0 Å². The molecule has 0 saturated carbocycles. The van der Waals surface area contributed by atoms with Crippen molar-refractivity contribution in [2.75, 3.05) is 20.3 Å². The van der Waals surface area contributed by atoms with Gasteiger partial charge in [0.2, 0.25) is 0 Å². The Morgan fingerprint density at radius 2 is 2.07 bits per heavy atom. The predicted octanol–water partition coefficient (Wildman–Crippen LogP) is 2.39. The Balaban J connectivity index is 1.79. The minimum atomic E-state index is -0.969. The van der Waals surface area contributed by atoms with Crippen LogP contribution in [-0.2, 0) is 5.41 Å². The average molecular weight is 406 g/mol. The van der Waals surface area contributed by atoms with Crippen molar-refractivity contribution in [1.82, 2.24) is 15.2 Å². The third kappa shape index (κ3) is 3.09. The molecule has 154 valence electrons. The van der Waals surface area contributed by atoms with E-state index < -0.39 is 6.10 Å². The summed E-state index contributed by atoms with van der Waals surface area (Å²) >= 11 is 0. The lowest BCUT2D eigenvalue weighted by atomic mass is 9.81. The van der Waals surface area contributed by atoms with Crippen LogP contribution >= 0.6 is 0 Å². The molecule has 0 saturated heterocycles. The lowest BCUT2D eigenvalue weighted by Gasteiger charge is -2.23. The van der Waals surface area contributed by atoms with Gasteiger partial charge in [-0.15, -0.1) is 0 Å². The van der Waals surface area contributed by atoms with Gasteiger partial charge in [-0.1, -0.05) is 13.8 Å². The quantitative estimate of drug-likeness (QED) is 0.574. The number of fused-ring (bicyclic) bond motifs is 3. The van der Waals surface area contributed by atoms with Gasteiger partial charge in [0, 0.05) is 28.3 Å². The van der Waals surface area contributed by atoms with Crippen molar-refractivity contribution in [3.8, 4) is 40.1 Å². The second-order valence-corrected chi connectivity index (χ2v) is 7.69. The summed E-state index contributed by atoms with van der Waals surface area (Å²) in [7, 11) is 1.55. The SMILES string of the molecule is COc1cc2c(cc1OC[C@H](O)CO)C(C)(C)c1c(-c3ccc(C#N)nc3)n[nH]c1-2. The molecule has 0 radical (unpaired) electrons. The van der Waals surface area contributed by atoms with Crippen molar-refractivity contribution in [1.29, 1.82) is 5.26 Å². The largest absolute Gasteiger partial charge is 0.493 e. The smallest absolute Gasteiger partial charge is 0.161 e. The van der Waals surface area contributed by atoms with Crippen LogP contribution in [0.4, 0.5) is 0 Å². The van der Waals surface area contributed by atoms with Crippen molar-refractivity contribution in [2.45, 2.75) is 25.4 Å². The highest BCUT2D eigenvalue weighted by molar-refractivity contribution is 5.86. The first-order valence-corrected chi connectivity index (χ1v) is 9.50. The zero-order chi connectivity index (χ0) is 21.5. The zero-order valence-electron chi connectivity index (χ0n) is 16.9. The van der Waals surface area contributed by atoms with Gasteiger partial charge in [-0.2, -0.15) is 10.4 Å². The highest BCUT2D eigenvalue weighted by Crippen LogP contribution is 2.53. The molecule has 3 N–H and O–H groups in total. The van der Waals surface area contributed by atoms with E-state index in [1.165, 1.54) is 0 Å². The number of methoxy groups -OCH3 is 1. The van der Waals surface area contributed by atoms with E-state index in [0.717, 1.165) is 33.6 Å². The Morgan fingerprint density at radius 3 is 2.70 bits per heavy atom. The van der Waals surface area contributed by atoms with Crippen LogP contribution in [0, 0.1) is 11.3 Å². The number of hydrogen-bond donors (Lipinski definition) is 3. The maximum Gasteiger partial charge on any atom is 0.161 e. The van der Waals surface area contributed by atoms with Crippen molar-refractivity contribution in [2.24, 2.45) is 0 Å². The van der Waals surface area contributed by atoms with Crippen LogP contribution in [0.1, 0.15) is 30.7 Å². The van der Waals surface area contributed by atoms with E-state index in [1.807, 2.05) is 24.3 Å². The number of aromatic nitrogens is 3. The van der Waals surface area contributed by atoms with Gasteiger partial charge in [-0.25, -0.2) is 4.98 Å². The lowest BCUT2D eigenvalue weighted by molar-refractivity contribution is 0.0527. The van der Waals surface area contributed by atoms with E-state index in [4.69, 9.17) is 19.8 Å². The third-order valence-corrected chi connectivity index (χ3v) is 5.43. The molecule has 8 heteroatoms. The number of hydrogen-bond acceptors (Lipinski definition) is 7. The molecule has 2 heterocycles. The summed E-state index contributed by atoms with van der Waals surface area (Å²) in [4.78, 5) is 4.17. The number of pyridine rings is 1. The molecule has 30 heavy (non-hydrogen) atoms. The van der Waals surface area contributed by atoms with E-state index in [-0.39, 0.29) is 18.6 Å². The Morgan fingerprint density at radius 1 is 1.27 bits per heavy atom. The Hall–Kier alpha value is -3.41. The van der Waals surface area contributed by atoms with Crippen LogP contribution in [0.5, 0.6) is 11.5 Å². The van der Waals surface area contributed by atoms with Gasteiger partial charge in [0.05, 0.1) is 25.1 Å². The second kappa shape index (κ2) is 7.44. The maximum absolute atomic E-state index is 9.63. The van der Waals surface area contributed by atoms with Crippen LogP contribution in [0.3, 0.4) is 0 Å². The van der Waals surface area contributed by atoms with Crippen LogP contribution in [-0.4, -0.2) is 51.8 Å². The minimum Gasteiger partial charge on any atom is -0.493 e. The van der Waals surface area contributed by atoms with E-state index in [0.29, 0.717) is 17.2 Å².